The molecule has 1 aliphatic carbocycles. The van der Waals surface area contributed by atoms with Crippen LogP contribution in [-0.4, -0.2) is 48.9 Å². The fourth-order valence-electron chi connectivity index (χ4n) is 5.66. The molecule has 37 heavy (non-hydrogen) atoms. The first-order valence-corrected chi connectivity index (χ1v) is 15.7. The molecule has 8 heteroatoms. The Balaban J connectivity index is 1.29. The molecule has 0 bridgehead atoms. The number of anilines is 1. The Morgan fingerprint density at radius 3 is 2.59 bits per heavy atom. The van der Waals surface area contributed by atoms with E-state index in [-0.39, 0.29) is 0 Å². The van der Waals surface area contributed by atoms with E-state index in [9.17, 15) is 8.42 Å². The minimum absolute atomic E-state index is 0.368. The number of nitrogens with zero attached hydrogens (tertiary/aromatic N) is 4. The quantitative estimate of drug-likeness (QED) is 0.312. The molecule has 0 spiro atoms. The number of thiophene rings is 1. The number of unbranched alkanes of at least 4 members (excludes halogenated alkanes) is 1. The van der Waals surface area contributed by atoms with Crippen molar-refractivity contribution in [2.24, 2.45) is 5.92 Å². The Hall–Kier alpha value is -2.55. The van der Waals surface area contributed by atoms with Crippen molar-refractivity contribution in [2.45, 2.75) is 57.3 Å². The van der Waals surface area contributed by atoms with Crippen LogP contribution in [0.3, 0.4) is 0 Å². The molecule has 0 radical (unpaired) electrons. The van der Waals surface area contributed by atoms with Crippen LogP contribution in [0.2, 0.25) is 0 Å². The van der Waals surface area contributed by atoms with Gasteiger partial charge in [-0.15, -0.1) is 11.3 Å². The molecule has 1 unspecified atom stereocenters. The second-order valence-electron chi connectivity index (χ2n) is 10.5. The van der Waals surface area contributed by atoms with E-state index >= 15 is 0 Å². The fraction of sp³-hybridized carbons (Fsp3) is 0.448. The molecule has 1 saturated heterocycles. The Morgan fingerprint density at radius 2 is 1.81 bits per heavy atom. The lowest BCUT2D eigenvalue weighted by atomic mass is 9.89. The summed E-state index contributed by atoms with van der Waals surface area (Å²) in [6.45, 7) is 6.70. The Morgan fingerprint density at radius 1 is 1.03 bits per heavy atom. The summed E-state index contributed by atoms with van der Waals surface area (Å²) in [5.41, 5.74) is 1.43. The molecule has 3 heterocycles. The summed E-state index contributed by atoms with van der Waals surface area (Å²) in [7, 11) is -3.56. The third-order valence-electron chi connectivity index (χ3n) is 7.83. The number of hydrogen-bond acceptors (Lipinski definition) is 6. The van der Waals surface area contributed by atoms with Gasteiger partial charge in [-0.25, -0.2) is 18.4 Å². The van der Waals surface area contributed by atoms with Gasteiger partial charge in [-0.05, 0) is 60.1 Å². The molecule has 0 amide bonds. The number of fused-ring (bicyclic) bond motifs is 4. The highest BCUT2D eigenvalue weighted by molar-refractivity contribution is 7.89. The van der Waals surface area contributed by atoms with Crippen LogP contribution in [0, 0.1) is 5.92 Å². The zero-order valence-corrected chi connectivity index (χ0v) is 23.2. The smallest absolute Gasteiger partial charge is 0.243 e. The number of rotatable bonds is 6. The van der Waals surface area contributed by atoms with Gasteiger partial charge in [-0.3, -0.25) is 0 Å². The van der Waals surface area contributed by atoms with Crippen molar-refractivity contribution in [2.75, 3.05) is 31.1 Å². The molecular formula is C29H34N4O2S2. The van der Waals surface area contributed by atoms with Crippen LogP contribution in [0.4, 0.5) is 5.82 Å². The van der Waals surface area contributed by atoms with Gasteiger partial charge in [0.2, 0.25) is 10.0 Å². The van der Waals surface area contributed by atoms with Crippen LogP contribution in [-0.2, 0) is 29.3 Å². The highest BCUT2D eigenvalue weighted by Gasteiger charge is 2.31. The Bertz CT molecular complexity index is 1560. The summed E-state index contributed by atoms with van der Waals surface area (Å²) in [6.07, 6.45) is 6.48. The molecule has 194 valence electrons. The number of aromatic nitrogens is 2. The second-order valence-corrected chi connectivity index (χ2v) is 13.5. The monoisotopic (exact) mass is 534 g/mol. The van der Waals surface area contributed by atoms with Gasteiger partial charge in [0.1, 0.15) is 16.5 Å². The molecule has 6 nitrogen and oxygen atoms in total. The molecule has 6 rings (SSSR count). The topological polar surface area (TPSA) is 66.4 Å². The number of aryl methyl sites for hydroxylation is 2. The lowest BCUT2D eigenvalue weighted by Crippen LogP contribution is -2.49. The van der Waals surface area contributed by atoms with Gasteiger partial charge in [-0.1, -0.05) is 50.6 Å². The van der Waals surface area contributed by atoms with Crippen molar-refractivity contribution in [1.82, 2.24) is 14.3 Å². The standard InChI is InChI=1S/C29H34N4O2S2/c1-3-4-9-26-30-28(27-24-13-10-20(2)18-25(24)36-29(27)31-26)32-14-16-33(17-15-32)37(34,35)23-12-11-21-7-5-6-8-22(21)19-23/h5-8,11-12,19-20H,3-4,9-10,13-18H2,1-2H3. The molecule has 2 aliphatic rings. The summed E-state index contributed by atoms with van der Waals surface area (Å²) in [5, 5.41) is 3.21. The van der Waals surface area contributed by atoms with Crippen LogP contribution in [0.1, 0.15) is 49.4 Å². The van der Waals surface area contributed by atoms with Gasteiger partial charge < -0.3 is 4.90 Å². The van der Waals surface area contributed by atoms with E-state index in [1.807, 2.05) is 41.7 Å². The predicted octanol–water partition coefficient (Wildman–Crippen LogP) is 5.82. The van der Waals surface area contributed by atoms with E-state index in [0.29, 0.717) is 37.0 Å². The minimum Gasteiger partial charge on any atom is -0.353 e. The first-order valence-electron chi connectivity index (χ1n) is 13.5. The minimum atomic E-state index is -3.56. The third kappa shape index (κ3) is 4.64. The first-order chi connectivity index (χ1) is 17.9. The van der Waals surface area contributed by atoms with Gasteiger partial charge in [0.25, 0.3) is 0 Å². The molecule has 2 aromatic heterocycles. The lowest BCUT2D eigenvalue weighted by molar-refractivity contribution is 0.384. The number of piperazine rings is 1. The molecular weight excluding hydrogens is 500 g/mol. The van der Waals surface area contributed by atoms with Gasteiger partial charge in [0.05, 0.1) is 10.3 Å². The molecule has 1 atom stereocenters. The van der Waals surface area contributed by atoms with Crippen molar-refractivity contribution in [3.8, 4) is 0 Å². The molecule has 1 aliphatic heterocycles. The normalized spacial score (nSPS) is 19.0. The first kappa shape index (κ1) is 24.8. The summed E-state index contributed by atoms with van der Waals surface area (Å²) >= 11 is 1.85. The van der Waals surface area contributed by atoms with Crippen molar-refractivity contribution in [3.05, 3.63) is 58.7 Å². The van der Waals surface area contributed by atoms with Gasteiger partial charge in [-0.2, -0.15) is 4.31 Å². The zero-order chi connectivity index (χ0) is 25.6. The number of hydrogen-bond donors (Lipinski definition) is 0. The van der Waals surface area contributed by atoms with E-state index in [0.717, 1.165) is 59.3 Å². The van der Waals surface area contributed by atoms with Gasteiger partial charge in [0.15, 0.2) is 0 Å². The van der Waals surface area contributed by atoms with Gasteiger partial charge in [0, 0.05) is 37.5 Å². The summed E-state index contributed by atoms with van der Waals surface area (Å²) in [6, 6.07) is 13.3. The fourth-order valence-corrected chi connectivity index (χ4v) is 8.51. The largest absolute Gasteiger partial charge is 0.353 e. The van der Waals surface area contributed by atoms with Crippen LogP contribution >= 0.6 is 11.3 Å². The van der Waals surface area contributed by atoms with Crippen LogP contribution in [0.5, 0.6) is 0 Å². The average Bonchev–Trinajstić information content (AvgIpc) is 3.28. The van der Waals surface area contributed by atoms with E-state index in [4.69, 9.17) is 9.97 Å². The highest BCUT2D eigenvalue weighted by atomic mass is 32.2. The Kier molecular flexibility index (Phi) is 6.67. The van der Waals surface area contributed by atoms with Crippen molar-refractivity contribution in [1.29, 1.82) is 0 Å². The maximum atomic E-state index is 13.5. The van der Waals surface area contributed by atoms with Crippen LogP contribution < -0.4 is 4.90 Å². The Labute approximate surface area is 223 Å². The number of sulfonamides is 1. The van der Waals surface area contributed by atoms with E-state index in [2.05, 4.69) is 18.7 Å². The van der Waals surface area contributed by atoms with Crippen molar-refractivity contribution < 1.29 is 8.42 Å². The molecule has 2 aromatic carbocycles. The molecule has 1 fully saturated rings. The van der Waals surface area contributed by atoms with Gasteiger partial charge >= 0.3 is 0 Å². The molecule has 4 aromatic rings. The van der Waals surface area contributed by atoms with Crippen molar-refractivity contribution >= 4 is 48.2 Å². The van der Waals surface area contributed by atoms with Crippen molar-refractivity contribution in [3.63, 3.8) is 0 Å². The highest BCUT2D eigenvalue weighted by Crippen LogP contribution is 2.41. The maximum Gasteiger partial charge on any atom is 0.243 e. The van der Waals surface area contributed by atoms with Crippen LogP contribution in [0.15, 0.2) is 47.4 Å². The summed E-state index contributed by atoms with van der Waals surface area (Å²) < 4.78 is 28.7. The third-order valence-corrected chi connectivity index (χ3v) is 10.9. The SMILES string of the molecule is CCCCc1nc(N2CCN(S(=O)(=O)c3ccc4ccccc4c3)CC2)c2c3c(sc2n1)CC(C)CC3. The number of benzene rings is 2. The molecule has 0 saturated carbocycles. The second kappa shape index (κ2) is 9.97. The maximum absolute atomic E-state index is 13.5. The predicted molar refractivity (Wildman–Crippen MR) is 152 cm³/mol. The lowest BCUT2D eigenvalue weighted by Gasteiger charge is -2.35. The average molecular weight is 535 g/mol. The van der Waals surface area contributed by atoms with E-state index in [1.54, 1.807) is 16.4 Å². The van der Waals surface area contributed by atoms with E-state index in [1.165, 1.54) is 22.2 Å². The van der Waals surface area contributed by atoms with E-state index < -0.39 is 10.0 Å². The zero-order valence-electron chi connectivity index (χ0n) is 21.6. The summed E-state index contributed by atoms with van der Waals surface area (Å²) in [4.78, 5) is 15.3. The molecule has 0 N–H and O–H groups in total. The van der Waals surface area contributed by atoms with Crippen LogP contribution in [0.25, 0.3) is 21.0 Å². The summed E-state index contributed by atoms with van der Waals surface area (Å²) in [5.74, 6) is 2.65.